The van der Waals surface area contributed by atoms with Gasteiger partial charge in [0.2, 0.25) is 11.6 Å². The number of hydrogen-bond donors (Lipinski definition) is 4. The Morgan fingerprint density at radius 1 is 0.691 bits per heavy atom. The Hall–Kier alpha value is -5.60. The molecule has 2 aromatic heterocycles. The Bertz CT molecular complexity index is 2900. The number of nitrogens with zero attached hydrogens (tertiary/aromatic N) is 7. The predicted molar refractivity (Wildman–Crippen MR) is 251 cm³/mol. The smallest absolute Gasteiger partial charge is 0.396 e. The molecule has 68 heavy (non-hydrogen) atoms. The number of aliphatic hydroxyl groups excluding tert-OH is 1. The van der Waals surface area contributed by atoms with Gasteiger partial charge in [0.1, 0.15) is 17.4 Å². The van der Waals surface area contributed by atoms with E-state index in [1.54, 1.807) is 36.4 Å². The number of nitrogens with one attached hydrogen (secondary N) is 3. The van der Waals surface area contributed by atoms with E-state index in [4.69, 9.17) is 32.2 Å². The summed E-state index contributed by atoms with van der Waals surface area (Å²) in [6, 6.07) is 29.6. The van der Waals surface area contributed by atoms with Crippen LogP contribution in [0.1, 0.15) is 52.3 Å². The fourth-order valence-corrected chi connectivity index (χ4v) is 8.23. The van der Waals surface area contributed by atoms with Gasteiger partial charge < -0.3 is 9.84 Å². The normalized spacial score (nSPS) is 13.3. The molecule has 7 rings (SSSR count). The van der Waals surface area contributed by atoms with E-state index in [9.17, 15) is 34.8 Å². The molecule has 0 amide bonds. The quantitative estimate of drug-likeness (QED) is 0.0553. The molecule has 2 atom stereocenters. The molecule has 0 saturated carbocycles. The Balaban J connectivity index is 0.000000245. The molecule has 2 unspecified atom stereocenters. The van der Waals surface area contributed by atoms with Crippen molar-refractivity contribution in [1.29, 1.82) is 0 Å². The zero-order chi connectivity index (χ0) is 49.5. The topological polar surface area (TPSA) is 186 Å². The van der Waals surface area contributed by atoms with Gasteiger partial charge in [0.25, 0.3) is 0 Å². The molecule has 5 aromatic carbocycles. The van der Waals surface area contributed by atoms with E-state index in [0.29, 0.717) is 71.3 Å². The number of aromatic nitrogens is 8. The number of tetrazole rings is 2. The van der Waals surface area contributed by atoms with Gasteiger partial charge in [-0.1, -0.05) is 73.7 Å². The average molecular weight is 1020 g/mol. The fourth-order valence-electron chi connectivity index (χ4n) is 6.10. The van der Waals surface area contributed by atoms with Crippen LogP contribution in [-0.4, -0.2) is 81.7 Å². The third-order valence-corrected chi connectivity index (χ3v) is 14.7. The summed E-state index contributed by atoms with van der Waals surface area (Å²) in [4.78, 5) is 2.16. The van der Waals surface area contributed by atoms with E-state index < -0.39 is 40.8 Å². The van der Waals surface area contributed by atoms with E-state index in [-0.39, 0.29) is 11.6 Å². The van der Waals surface area contributed by atoms with Crippen molar-refractivity contribution in [3.8, 4) is 22.8 Å². The molecule has 0 fully saturated rings. The van der Waals surface area contributed by atoms with Crippen LogP contribution in [0.25, 0.3) is 22.8 Å². The molecule has 24 heteroatoms. The van der Waals surface area contributed by atoms with Crippen molar-refractivity contribution in [2.24, 2.45) is 0 Å². The van der Waals surface area contributed by atoms with Crippen LogP contribution in [0.2, 0.25) is 0 Å². The van der Waals surface area contributed by atoms with Gasteiger partial charge in [-0.05, 0) is 120 Å². The molecule has 4 N–H and O–H groups in total. The summed E-state index contributed by atoms with van der Waals surface area (Å²) in [5, 5.41) is 34.3. The largest absolute Gasteiger partial charge is 0.416 e. The SMILES string of the molecule is CCCO.CNS(=O)(=S)c1ccc(Cc2ccc(C(F)(F)F)cc2)c(-c2nn[nH]n2)c1.CNS(=O)(=S)c1ccc(Cc2ccc(C(F)(F)F)cc2)c(-c2nnn(CCOCc3ccccc3)n2)c1. The van der Waals surface area contributed by atoms with Crippen LogP contribution in [0.3, 0.4) is 0 Å². The molecular formula is C44H46F6N10O4S4. The van der Waals surface area contributed by atoms with Crippen molar-refractivity contribution in [3.05, 3.63) is 154 Å². The predicted octanol–water partition coefficient (Wildman–Crippen LogP) is 7.51. The molecule has 362 valence electrons. The van der Waals surface area contributed by atoms with E-state index in [2.05, 4.69) is 45.5 Å². The molecule has 2 heterocycles. The molecule has 7 aromatic rings. The van der Waals surface area contributed by atoms with Gasteiger partial charge >= 0.3 is 12.4 Å². The molecule has 0 radical (unpaired) electrons. The summed E-state index contributed by atoms with van der Waals surface area (Å²) in [6.07, 6.45) is -7.27. The number of hydrogen-bond acceptors (Lipinski definition) is 12. The minimum Gasteiger partial charge on any atom is -0.396 e. The van der Waals surface area contributed by atoms with Crippen molar-refractivity contribution in [2.45, 2.75) is 61.5 Å². The Morgan fingerprint density at radius 2 is 1.18 bits per heavy atom. The van der Waals surface area contributed by atoms with Crippen molar-refractivity contribution < 1.29 is 44.6 Å². The maximum Gasteiger partial charge on any atom is 0.416 e. The van der Waals surface area contributed by atoms with Crippen LogP contribution in [0.15, 0.2) is 125 Å². The molecule has 0 saturated heterocycles. The lowest BCUT2D eigenvalue weighted by Gasteiger charge is -2.12. The summed E-state index contributed by atoms with van der Waals surface area (Å²) < 4.78 is 113. The molecule has 14 nitrogen and oxygen atoms in total. The molecular weight excluding hydrogens is 975 g/mol. The highest BCUT2D eigenvalue weighted by molar-refractivity contribution is 8.32. The van der Waals surface area contributed by atoms with Gasteiger partial charge in [0.05, 0.1) is 40.7 Å². The minimum atomic E-state index is -4.41. The first-order valence-corrected chi connectivity index (χ1v) is 25.4. The number of alkyl halides is 6. The first-order valence-electron chi connectivity index (χ1n) is 20.5. The third kappa shape index (κ3) is 15.2. The first-order chi connectivity index (χ1) is 32.3. The second-order valence-electron chi connectivity index (χ2n) is 14.5. The van der Waals surface area contributed by atoms with Gasteiger partial charge in [0.15, 0.2) is 0 Å². The maximum absolute atomic E-state index is 12.9. The van der Waals surface area contributed by atoms with Crippen LogP contribution in [-0.2, 0) is 82.8 Å². The highest BCUT2D eigenvalue weighted by Gasteiger charge is 2.31. The van der Waals surface area contributed by atoms with Crippen molar-refractivity contribution in [1.82, 2.24) is 50.3 Å². The Kier molecular flexibility index (Phi) is 18.9. The summed E-state index contributed by atoms with van der Waals surface area (Å²) in [7, 11) is -2.76. The zero-order valence-electron chi connectivity index (χ0n) is 36.6. The maximum atomic E-state index is 12.9. The molecule has 0 aliphatic heterocycles. The summed E-state index contributed by atoms with van der Waals surface area (Å²) in [6.45, 7) is 3.43. The fraction of sp³-hybridized carbons (Fsp3) is 0.273. The van der Waals surface area contributed by atoms with E-state index in [0.717, 1.165) is 47.4 Å². The lowest BCUT2D eigenvalue weighted by molar-refractivity contribution is -0.138. The molecule has 0 bridgehead atoms. The third-order valence-electron chi connectivity index (χ3n) is 9.72. The Labute approximate surface area is 398 Å². The van der Waals surface area contributed by atoms with E-state index in [1.807, 2.05) is 37.3 Å². The summed E-state index contributed by atoms with van der Waals surface area (Å²) in [5.41, 5.74) is 3.52. The lowest BCUT2D eigenvalue weighted by atomic mass is 9.98. The van der Waals surface area contributed by atoms with Gasteiger partial charge in [-0.25, -0.2) is 17.9 Å². The second kappa shape index (κ2) is 24.1. The number of aliphatic hydroxyl groups is 1. The lowest BCUT2D eigenvalue weighted by Crippen LogP contribution is -2.17. The number of ether oxygens (including phenoxy) is 1. The van der Waals surface area contributed by atoms with Gasteiger partial charge in [-0.2, -0.15) is 36.4 Å². The monoisotopic (exact) mass is 1020 g/mol. The zero-order valence-corrected chi connectivity index (χ0v) is 39.9. The molecule has 0 aliphatic carbocycles. The van der Waals surface area contributed by atoms with Crippen LogP contribution in [0.4, 0.5) is 26.3 Å². The molecule has 0 aliphatic rings. The first kappa shape index (κ1) is 53.4. The second-order valence-corrected chi connectivity index (χ2v) is 21.1. The van der Waals surface area contributed by atoms with Crippen LogP contribution >= 0.6 is 0 Å². The van der Waals surface area contributed by atoms with Gasteiger partial charge in [-0.15, -0.1) is 20.4 Å². The van der Waals surface area contributed by atoms with Crippen molar-refractivity contribution in [2.75, 3.05) is 27.3 Å². The highest BCUT2D eigenvalue weighted by atomic mass is 32.8. The number of aromatic amines is 1. The summed E-state index contributed by atoms with van der Waals surface area (Å²) >= 11 is 10.3. The van der Waals surface area contributed by atoms with E-state index in [1.165, 1.54) is 43.2 Å². The molecule has 0 spiro atoms. The number of halogens is 6. The summed E-state index contributed by atoms with van der Waals surface area (Å²) in [5.74, 6) is 0.563. The standard InChI is InChI=1S/C25H24F3N5O2S2.C16H14F3N5OS2.C3H8O/c1-29-37(34,36)22-12-9-20(15-18-7-10-21(11-8-18)25(26,27)28)23(16-22)24-30-32-33(31-24)13-14-35-17-19-5-3-2-4-6-19;1-20-27(25,26)13-7-4-11(14(9-13)15-21-23-24-22-15)8-10-2-5-12(6-3-10)16(17,18)19;1-2-3-4/h2-12,16,29H,13-15,17H2,1H3;2-7,9,20H,8H2,1H3,(H,21,22,23,24);4H,2-3H2,1H3. The van der Waals surface area contributed by atoms with Crippen LogP contribution in [0, 0.1) is 0 Å². The van der Waals surface area contributed by atoms with Crippen molar-refractivity contribution in [3.63, 3.8) is 0 Å². The van der Waals surface area contributed by atoms with Gasteiger partial charge in [0, 0.05) is 40.1 Å². The van der Waals surface area contributed by atoms with Crippen LogP contribution in [0.5, 0.6) is 0 Å². The van der Waals surface area contributed by atoms with E-state index >= 15 is 0 Å². The number of H-pyrrole nitrogens is 1. The van der Waals surface area contributed by atoms with Crippen LogP contribution < -0.4 is 9.44 Å². The van der Waals surface area contributed by atoms with Crippen molar-refractivity contribution >= 4 is 39.7 Å². The Morgan fingerprint density at radius 3 is 1.60 bits per heavy atom. The number of rotatable bonds is 16. The highest BCUT2D eigenvalue weighted by Crippen LogP contribution is 2.32. The minimum absolute atomic E-state index is 0.278. The average Bonchev–Trinajstić information content (AvgIpc) is 4.05. The van der Waals surface area contributed by atoms with Gasteiger partial charge in [-0.3, -0.25) is 0 Å². The number of benzene rings is 5.